The average Bonchev–Trinajstić information content (AvgIpc) is 2.77. The molecule has 0 spiro atoms. The van der Waals surface area contributed by atoms with Crippen molar-refractivity contribution in [2.75, 3.05) is 20.3 Å². The Hall–Kier alpha value is 0.650. The Bertz CT molecular complexity index is 631. The second-order valence-corrected chi connectivity index (χ2v) is 10.2. The van der Waals surface area contributed by atoms with Crippen molar-refractivity contribution < 1.29 is 9.53 Å². The van der Waals surface area contributed by atoms with E-state index in [-0.39, 0.29) is 11.5 Å². The number of alkyl halides is 2. The number of fused-ring (bicyclic) bond motifs is 1. The number of aromatic nitrogens is 1. The monoisotopic (exact) mass is 640 g/mol. The lowest BCUT2D eigenvalue weighted by Crippen LogP contribution is -2.40. The Balaban J connectivity index is 2.54. The van der Waals surface area contributed by atoms with Crippen molar-refractivity contribution in [2.45, 2.75) is 44.6 Å². The van der Waals surface area contributed by atoms with Crippen LogP contribution in [0.1, 0.15) is 39.2 Å². The summed E-state index contributed by atoms with van der Waals surface area (Å²) in [5, 5.41) is 0.653. The number of carbonyl (C=O) groups is 1. The van der Waals surface area contributed by atoms with Gasteiger partial charge in [-0.05, 0) is 49.5 Å². The first-order valence-electron chi connectivity index (χ1n) is 7.62. The molecule has 0 radical (unpaired) electrons. The minimum absolute atomic E-state index is 0.178. The summed E-state index contributed by atoms with van der Waals surface area (Å²) in [5.41, 5.74) is 0.245. The predicted molar refractivity (Wildman–Crippen MR) is 119 cm³/mol. The van der Waals surface area contributed by atoms with Gasteiger partial charge >= 0.3 is 6.09 Å². The van der Waals surface area contributed by atoms with Gasteiger partial charge in [-0.2, -0.15) is 0 Å². The van der Waals surface area contributed by atoms with Crippen LogP contribution in [0.4, 0.5) is 10.6 Å². The van der Waals surface area contributed by atoms with Crippen molar-refractivity contribution in [1.82, 2.24) is 4.98 Å². The summed E-state index contributed by atoms with van der Waals surface area (Å²) in [4.78, 5) is 18.9. The van der Waals surface area contributed by atoms with Gasteiger partial charge in [-0.3, -0.25) is 4.90 Å². The molecule has 1 aromatic heterocycles. The molecule has 0 saturated heterocycles. The van der Waals surface area contributed by atoms with Gasteiger partial charge in [-0.1, -0.05) is 56.8 Å². The van der Waals surface area contributed by atoms with Gasteiger partial charge < -0.3 is 4.74 Å². The number of hydrogen-bond donors (Lipinski definition) is 0. The van der Waals surface area contributed by atoms with Crippen LogP contribution in [0.2, 0.25) is 5.02 Å². The molecule has 0 N–H and O–H groups in total. The molecule has 1 amide bonds. The summed E-state index contributed by atoms with van der Waals surface area (Å²) in [6, 6.07) is 0. The van der Waals surface area contributed by atoms with Crippen molar-refractivity contribution in [3.8, 4) is 0 Å². The van der Waals surface area contributed by atoms with Crippen LogP contribution in [0.15, 0.2) is 10.7 Å². The molecule has 0 atom stereocenters. The third kappa shape index (κ3) is 4.31. The molecular weight excluding hydrogens is 621 g/mol. The second kappa shape index (κ2) is 8.12. The van der Waals surface area contributed by atoms with Gasteiger partial charge in [0.2, 0.25) is 0 Å². The summed E-state index contributed by atoms with van der Waals surface area (Å²) in [6.07, 6.45) is 3.18. The molecule has 2 rings (SSSR count). The summed E-state index contributed by atoms with van der Waals surface area (Å²) in [7, 11) is 0. The highest BCUT2D eigenvalue weighted by atomic mass is 127. The number of hydrogen-bond acceptors (Lipinski definition) is 3. The van der Waals surface area contributed by atoms with Gasteiger partial charge in [0.25, 0.3) is 0 Å². The maximum atomic E-state index is 12.7. The number of nitrogens with zero attached hydrogens (tertiary/aromatic N) is 2. The standard InChI is InChI=1S/C16H20BrClI2N2O2/c1-15(2,3)24-14(23)22-9-16(4-6-19,5-7-20)11-12(18)10(17)8-21-13(11)22/h8H,4-7,9H2,1-3H3. The van der Waals surface area contributed by atoms with Crippen molar-refractivity contribution in [3.05, 3.63) is 21.3 Å². The molecule has 8 heteroatoms. The van der Waals surface area contributed by atoms with Crippen molar-refractivity contribution in [3.63, 3.8) is 0 Å². The molecule has 0 unspecified atom stereocenters. The SMILES string of the molecule is CC(C)(C)OC(=O)N1CC(CCI)(CCI)c2c1ncc(Br)c2Cl. The maximum Gasteiger partial charge on any atom is 0.416 e. The maximum absolute atomic E-state index is 12.7. The smallest absolute Gasteiger partial charge is 0.416 e. The zero-order valence-electron chi connectivity index (χ0n) is 13.8. The predicted octanol–water partition coefficient (Wildman–Crippen LogP) is 6.14. The number of amides is 1. The van der Waals surface area contributed by atoms with Crippen LogP contribution < -0.4 is 4.90 Å². The Morgan fingerprint density at radius 2 is 2.00 bits per heavy atom. The van der Waals surface area contributed by atoms with Crippen LogP contribution in [0.5, 0.6) is 0 Å². The summed E-state index contributed by atoms with van der Waals surface area (Å²) in [5.74, 6) is 0.632. The fraction of sp³-hybridized carbons (Fsp3) is 0.625. The van der Waals surface area contributed by atoms with Crippen LogP contribution in [-0.2, 0) is 10.2 Å². The number of anilines is 1. The highest BCUT2D eigenvalue weighted by Gasteiger charge is 2.47. The zero-order valence-corrected chi connectivity index (χ0v) is 20.5. The zero-order chi connectivity index (χ0) is 18.1. The van der Waals surface area contributed by atoms with E-state index in [0.29, 0.717) is 17.4 Å². The molecule has 1 aliphatic rings. The van der Waals surface area contributed by atoms with Gasteiger partial charge in [-0.15, -0.1) is 0 Å². The normalized spacial score (nSPS) is 16.2. The number of rotatable bonds is 4. The van der Waals surface area contributed by atoms with Crippen molar-refractivity contribution in [1.29, 1.82) is 0 Å². The summed E-state index contributed by atoms with van der Waals surface area (Å²) >= 11 is 14.9. The molecule has 0 fully saturated rings. The molecule has 1 aromatic rings. The van der Waals surface area contributed by atoms with E-state index in [0.717, 1.165) is 31.7 Å². The van der Waals surface area contributed by atoms with E-state index in [9.17, 15) is 4.79 Å². The molecule has 4 nitrogen and oxygen atoms in total. The average molecular weight is 642 g/mol. The van der Waals surface area contributed by atoms with Gasteiger partial charge in [0.1, 0.15) is 11.4 Å². The van der Waals surface area contributed by atoms with Crippen LogP contribution in [0, 0.1) is 0 Å². The number of halogens is 4. The third-order valence-corrected chi connectivity index (χ3v) is 6.26. The minimum atomic E-state index is -0.547. The fourth-order valence-electron chi connectivity index (χ4n) is 2.95. The Labute approximate surface area is 183 Å². The fourth-order valence-corrected chi connectivity index (χ4v) is 5.65. The first kappa shape index (κ1) is 21.0. The molecule has 0 saturated carbocycles. The first-order chi connectivity index (χ1) is 11.1. The number of carbonyl (C=O) groups excluding carboxylic acids is 1. The molecule has 24 heavy (non-hydrogen) atoms. The molecule has 1 aliphatic heterocycles. The van der Waals surface area contributed by atoms with E-state index in [1.807, 2.05) is 20.8 Å². The molecule has 2 heterocycles. The van der Waals surface area contributed by atoms with E-state index in [1.54, 1.807) is 11.1 Å². The van der Waals surface area contributed by atoms with Crippen LogP contribution in [0.3, 0.4) is 0 Å². The molecule has 0 aromatic carbocycles. The summed E-state index contributed by atoms with van der Waals surface area (Å²) in [6.45, 7) is 6.17. The first-order valence-corrected chi connectivity index (χ1v) is 11.8. The van der Waals surface area contributed by atoms with Gasteiger partial charge in [-0.25, -0.2) is 9.78 Å². The molecule has 0 aliphatic carbocycles. The highest BCUT2D eigenvalue weighted by molar-refractivity contribution is 14.1. The van der Waals surface area contributed by atoms with Gasteiger partial charge in [0, 0.05) is 32.6 Å². The second-order valence-electron chi connectivity index (χ2n) is 6.84. The van der Waals surface area contributed by atoms with Crippen molar-refractivity contribution >= 4 is 84.6 Å². The lowest BCUT2D eigenvalue weighted by molar-refractivity contribution is 0.0576. The number of ether oxygens (including phenoxy) is 1. The van der Waals surface area contributed by atoms with E-state index < -0.39 is 5.60 Å². The molecule has 134 valence electrons. The third-order valence-electron chi connectivity index (χ3n) is 3.96. The van der Waals surface area contributed by atoms with Crippen LogP contribution in [-0.4, -0.2) is 32.1 Å². The van der Waals surface area contributed by atoms with Crippen LogP contribution >= 0.6 is 72.7 Å². The highest BCUT2D eigenvalue weighted by Crippen LogP contribution is 2.50. The summed E-state index contributed by atoms with van der Waals surface area (Å²) < 4.78 is 8.32. The van der Waals surface area contributed by atoms with E-state index in [4.69, 9.17) is 16.3 Å². The van der Waals surface area contributed by atoms with Crippen LogP contribution in [0.25, 0.3) is 0 Å². The van der Waals surface area contributed by atoms with Gasteiger partial charge in [0.05, 0.1) is 9.50 Å². The largest absolute Gasteiger partial charge is 0.443 e. The van der Waals surface area contributed by atoms with E-state index >= 15 is 0 Å². The quantitative estimate of drug-likeness (QED) is 0.293. The Kier molecular flexibility index (Phi) is 7.09. The lowest BCUT2D eigenvalue weighted by atomic mass is 9.78. The number of pyridine rings is 1. The van der Waals surface area contributed by atoms with Gasteiger partial charge in [0.15, 0.2) is 0 Å². The van der Waals surface area contributed by atoms with E-state index in [1.165, 1.54) is 0 Å². The topological polar surface area (TPSA) is 42.4 Å². The van der Waals surface area contributed by atoms with Crippen molar-refractivity contribution in [2.24, 2.45) is 0 Å². The Morgan fingerprint density at radius 3 is 2.50 bits per heavy atom. The molecular formula is C16H20BrClI2N2O2. The lowest BCUT2D eigenvalue weighted by Gasteiger charge is -2.30. The minimum Gasteiger partial charge on any atom is -0.443 e. The van der Waals surface area contributed by atoms with E-state index in [2.05, 4.69) is 66.1 Å². The molecule has 0 bridgehead atoms. The Morgan fingerprint density at radius 1 is 1.42 bits per heavy atom.